The van der Waals surface area contributed by atoms with Crippen LogP contribution in [0.1, 0.15) is 53.9 Å². The molecule has 0 aromatic carbocycles. The molecule has 1 fully saturated rings. The Kier molecular flexibility index (Phi) is 6.47. The molecule has 21 heavy (non-hydrogen) atoms. The zero-order valence-corrected chi connectivity index (χ0v) is 14.4. The fourth-order valence-electron chi connectivity index (χ4n) is 2.39. The number of rotatable bonds is 5. The SMILES string of the molecule is CCC1(OCC(C)OC)CCN(C(=O)OC(C)(C)C)CC1. The van der Waals surface area contributed by atoms with E-state index in [-0.39, 0.29) is 17.8 Å². The molecule has 5 nitrogen and oxygen atoms in total. The van der Waals surface area contributed by atoms with Gasteiger partial charge in [0.05, 0.1) is 18.3 Å². The Bertz CT molecular complexity index is 330. The zero-order valence-electron chi connectivity index (χ0n) is 14.4. The lowest BCUT2D eigenvalue weighted by molar-refractivity contribution is -0.113. The summed E-state index contributed by atoms with van der Waals surface area (Å²) >= 11 is 0. The number of piperidine rings is 1. The smallest absolute Gasteiger partial charge is 0.410 e. The minimum atomic E-state index is -0.444. The Balaban J connectivity index is 2.50. The minimum Gasteiger partial charge on any atom is -0.444 e. The molecule has 0 spiro atoms. The molecule has 0 saturated carbocycles. The number of nitrogens with zero attached hydrogens (tertiary/aromatic N) is 1. The number of hydrogen-bond acceptors (Lipinski definition) is 4. The van der Waals surface area contributed by atoms with Crippen LogP contribution in [0.15, 0.2) is 0 Å². The monoisotopic (exact) mass is 301 g/mol. The van der Waals surface area contributed by atoms with E-state index in [1.165, 1.54) is 0 Å². The molecule has 0 bridgehead atoms. The number of carbonyl (C=O) groups is 1. The van der Waals surface area contributed by atoms with Crippen molar-refractivity contribution in [1.29, 1.82) is 0 Å². The van der Waals surface area contributed by atoms with E-state index < -0.39 is 5.60 Å². The summed E-state index contributed by atoms with van der Waals surface area (Å²) in [4.78, 5) is 13.8. The highest BCUT2D eigenvalue weighted by Crippen LogP contribution is 2.30. The number of hydrogen-bond donors (Lipinski definition) is 0. The first-order valence-corrected chi connectivity index (χ1v) is 7.86. The average molecular weight is 301 g/mol. The fraction of sp³-hybridized carbons (Fsp3) is 0.938. The first-order chi connectivity index (χ1) is 9.71. The second-order valence-corrected chi connectivity index (χ2v) is 6.86. The van der Waals surface area contributed by atoms with Crippen LogP contribution in [0.5, 0.6) is 0 Å². The van der Waals surface area contributed by atoms with Gasteiger partial charge in [0.2, 0.25) is 0 Å². The van der Waals surface area contributed by atoms with Gasteiger partial charge in [-0.2, -0.15) is 0 Å². The Labute approximate surface area is 128 Å². The predicted molar refractivity (Wildman–Crippen MR) is 82.5 cm³/mol. The molecule has 1 aliphatic heterocycles. The zero-order chi connectivity index (χ0) is 16.1. The summed E-state index contributed by atoms with van der Waals surface area (Å²) in [6.45, 7) is 11.8. The molecule has 124 valence electrons. The molecule has 1 saturated heterocycles. The van der Waals surface area contributed by atoms with E-state index in [0.29, 0.717) is 19.7 Å². The van der Waals surface area contributed by atoms with Crippen molar-refractivity contribution in [2.75, 3.05) is 26.8 Å². The number of ether oxygens (including phenoxy) is 3. The summed E-state index contributed by atoms with van der Waals surface area (Å²) in [6.07, 6.45) is 2.51. The summed E-state index contributed by atoms with van der Waals surface area (Å²) in [7, 11) is 1.69. The number of amides is 1. The highest BCUT2D eigenvalue weighted by atomic mass is 16.6. The number of likely N-dealkylation sites (tertiary alicyclic amines) is 1. The molecule has 0 aliphatic carbocycles. The van der Waals surface area contributed by atoms with Crippen LogP contribution in [0.4, 0.5) is 4.79 Å². The molecule has 0 aromatic rings. The number of methoxy groups -OCH3 is 1. The quantitative estimate of drug-likeness (QED) is 0.782. The van der Waals surface area contributed by atoms with Crippen molar-refractivity contribution < 1.29 is 19.0 Å². The maximum atomic E-state index is 12.1. The molecule has 1 aliphatic rings. The summed E-state index contributed by atoms with van der Waals surface area (Å²) in [5.74, 6) is 0. The van der Waals surface area contributed by atoms with Crippen LogP contribution >= 0.6 is 0 Å². The highest BCUT2D eigenvalue weighted by Gasteiger charge is 2.36. The van der Waals surface area contributed by atoms with Crippen LogP contribution in [0.25, 0.3) is 0 Å². The van der Waals surface area contributed by atoms with Gasteiger partial charge in [-0.15, -0.1) is 0 Å². The lowest BCUT2D eigenvalue weighted by Gasteiger charge is -2.41. The van der Waals surface area contributed by atoms with Gasteiger partial charge in [0, 0.05) is 20.2 Å². The maximum absolute atomic E-state index is 12.1. The lowest BCUT2D eigenvalue weighted by Crippen LogP contribution is -2.49. The van der Waals surface area contributed by atoms with Crippen molar-refractivity contribution in [3.8, 4) is 0 Å². The Morgan fingerprint density at radius 3 is 2.29 bits per heavy atom. The predicted octanol–water partition coefficient (Wildman–Crippen LogP) is 3.22. The van der Waals surface area contributed by atoms with Gasteiger partial charge in [-0.1, -0.05) is 6.92 Å². The Morgan fingerprint density at radius 1 is 1.29 bits per heavy atom. The maximum Gasteiger partial charge on any atom is 0.410 e. The number of carbonyl (C=O) groups excluding carboxylic acids is 1. The van der Waals surface area contributed by atoms with Crippen molar-refractivity contribution in [3.05, 3.63) is 0 Å². The van der Waals surface area contributed by atoms with Gasteiger partial charge in [0.1, 0.15) is 5.60 Å². The van der Waals surface area contributed by atoms with E-state index in [4.69, 9.17) is 14.2 Å². The standard InChI is InChI=1S/C16H31NO4/c1-7-16(20-12-13(2)19-6)8-10-17(11-9-16)14(18)21-15(3,4)5/h13H,7-12H2,1-6H3. The van der Waals surface area contributed by atoms with Crippen LogP contribution in [-0.2, 0) is 14.2 Å². The minimum absolute atomic E-state index is 0.0947. The van der Waals surface area contributed by atoms with Crippen molar-refractivity contribution in [2.45, 2.75) is 71.2 Å². The molecule has 0 N–H and O–H groups in total. The second kappa shape index (κ2) is 7.45. The molecule has 0 aromatic heterocycles. The van der Waals surface area contributed by atoms with Gasteiger partial charge in [-0.25, -0.2) is 4.79 Å². The van der Waals surface area contributed by atoms with E-state index in [9.17, 15) is 4.79 Å². The van der Waals surface area contributed by atoms with E-state index in [2.05, 4.69) is 6.92 Å². The lowest BCUT2D eigenvalue weighted by atomic mass is 9.88. The van der Waals surface area contributed by atoms with Crippen molar-refractivity contribution in [1.82, 2.24) is 4.90 Å². The molecular formula is C16H31NO4. The molecule has 1 unspecified atom stereocenters. The fourth-order valence-corrected chi connectivity index (χ4v) is 2.39. The normalized spacial score (nSPS) is 20.2. The van der Waals surface area contributed by atoms with Crippen LogP contribution in [0.3, 0.4) is 0 Å². The average Bonchev–Trinajstić information content (AvgIpc) is 2.43. The van der Waals surface area contributed by atoms with Gasteiger partial charge < -0.3 is 19.1 Å². The third-order valence-electron chi connectivity index (χ3n) is 4.00. The second-order valence-electron chi connectivity index (χ2n) is 6.86. The molecule has 5 heteroatoms. The van der Waals surface area contributed by atoms with Crippen molar-refractivity contribution in [3.63, 3.8) is 0 Å². The van der Waals surface area contributed by atoms with E-state index >= 15 is 0 Å². The third kappa shape index (κ3) is 5.83. The van der Waals surface area contributed by atoms with Crippen molar-refractivity contribution >= 4 is 6.09 Å². The van der Waals surface area contributed by atoms with Gasteiger partial charge in [0.15, 0.2) is 0 Å². The van der Waals surface area contributed by atoms with Crippen LogP contribution in [0.2, 0.25) is 0 Å². The third-order valence-corrected chi connectivity index (χ3v) is 4.00. The van der Waals surface area contributed by atoms with Crippen LogP contribution < -0.4 is 0 Å². The molecule has 1 amide bonds. The first kappa shape index (κ1) is 18.2. The Hall–Kier alpha value is -0.810. The van der Waals surface area contributed by atoms with Gasteiger partial charge in [0.25, 0.3) is 0 Å². The summed E-state index contributed by atoms with van der Waals surface area (Å²) in [6, 6.07) is 0. The first-order valence-electron chi connectivity index (χ1n) is 7.86. The van der Waals surface area contributed by atoms with Gasteiger partial charge >= 0.3 is 6.09 Å². The molecule has 1 heterocycles. The van der Waals surface area contributed by atoms with Gasteiger partial charge in [-0.05, 0) is 47.0 Å². The van der Waals surface area contributed by atoms with E-state index in [1.807, 2.05) is 27.7 Å². The molecule has 1 atom stereocenters. The molecular weight excluding hydrogens is 270 g/mol. The van der Waals surface area contributed by atoms with Crippen LogP contribution in [-0.4, -0.2) is 55.1 Å². The molecule has 1 rings (SSSR count). The molecule has 0 radical (unpaired) electrons. The van der Waals surface area contributed by atoms with E-state index in [1.54, 1.807) is 12.0 Å². The van der Waals surface area contributed by atoms with Crippen LogP contribution in [0, 0.1) is 0 Å². The summed E-state index contributed by atoms with van der Waals surface area (Å²) in [5, 5.41) is 0. The summed E-state index contributed by atoms with van der Waals surface area (Å²) < 4.78 is 16.8. The largest absolute Gasteiger partial charge is 0.444 e. The Morgan fingerprint density at radius 2 is 1.86 bits per heavy atom. The van der Waals surface area contributed by atoms with Crippen molar-refractivity contribution in [2.24, 2.45) is 0 Å². The topological polar surface area (TPSA) is 48.0 Å². The van der Waals surface area contributed by atoms with Gasteiger partial charge in [-0.3, -0.25) is 0 Å². The summed E-state index contributed by atoms with van der Waals surface area (Å²) in [5.41, 5.74) is -0.577. The highest BCUT2D eigenvalue weighted by molar-refractivity contribution is 5.68. The van der Waals surface area contributed by atoms with E-state index in [0.717, 1.165) is 19.3 Å².